The number of nitrogens with one attached hydrogen (secondary N) is 1. The van der Waals surface area contributed by atoms with Gasteiger partial charge in [0, 0.05) is 24.4 Å². The normalized spacial score (nSPS) is 16.2. The molecule has 96 valence electrons. The fourth-order valence-corrected chi connectivity index (χ4v) is 2.98. The molecule has 1 aliphatic rings. The van der Waals surface area contributed by atoms with Gasteiger partial charge in [0.25, 0.3) is 0 Å². The zero-order valence-corrected chi connectivity index (χ0v) is 10.9. The Balaban J connectivity index is 1.77. The molecular weight excluding hydrogens is 252 g/mol. The minimum atomic E-state index is 0.685. The predicted molar refractivity (Wildman–Crippen MR) is 66.9 cm³/mol. The lowest BCUT2D eigenvalue weighted by Crippen LogP contribution is -2.36. The highest BCUT2D eigenvalue weighted by Crippen LogP contribution is 2.27. The molecule has 0 aromatic carbocycles. The van der Waals surface area contributed by atoms with Crippen LogP contribution < -0.4 is 4.90 Å². The molecule has 0 radical (unpaired) electrons. The Morgan fingerprint density at radius 2 is 2.22 bits per heavy atom. The van der Waals surface area contributed by atoms with Crippen molar-refractivity contribution in [1.82, 2.24) is 25.6 Å². The van der Waals surface area contributed by atoms with E-state index in [1.54, 1.807) is 11.3 Å². The van der Waals surface area contributed by atoms with Crippen molar-refractivity contribution in [2.75, 3.05) is 31.2 Å². The second-order valence-corrected chi connectivity index (χ2v) is 5.17. The van der Waals surface area contributed by atoms with Gasteiger partial charge in [-0.05, 0) is 6.92 Å². The summed E-state index contributed by atoms with van der Waals surface area (Å²) in [6.07, 6.45) is 0.685. The SMILES string of the molecule is Cc1nc(N2CCOCC2)sc1Cc1nn[nH]n1. The molecule has 0 saturated carbocycles. The van der Waals surface area contributed by atoms with Crippen molar-refractivity contribution in [1.29, 1.82) is 0 Å². The molecule has 2 aromatic heterocycles. The minimum absolute atomic E-state index is 0.685. The first kappa shape index (κ1) is 11.5. The third-order valence-electron chi connectivity index (χ3n) is 2.87. The number of anilines is 1. The summed E-state index contributed by atoms with van der Waals surface area (Å²) < 4.78 is 5.35. The quantitative estimate of drug-likeness (QED) is 0.866. The van der Waals surface area contributed by atoms with Crippen LogP contribution in [-0.2, 0) is 11.2 Å². The first-order chi connectivity index (χ1) is 8.83. The Labute approximate surface area is 108 Å². The number of thiazole rings is 1. The largest absolute Gasteiger partial charge is 0.378 e. The van der Waals surface area contributed by atoms with Gasteiger partial charge >= 0.3 is 0 Å². The van der Waals surface area contributed by atoms with Gasteiger partial charge in [0.1, 0.15) is 0 Å². The highest BCUT2D eigenvalue weighted by Gasteiger charge is 2.17. The van der Waals surface area contributed by atoms with Gasteiger partial charge in [0.05, 0.1) is 18.9 Å². The monoisotopic (exact) mass is 266 g/mol. The van der Waals surface area contributed by atoms with Gasteiger partial charge in [-0.3, -0.25) is 0 Å². The van der Waals surface area contributed by atoms with Crippen LogP contribution in [0, 0.1) is 6.92 Å². The molecule has 0 bridgehead atoms. The van der Waals surface area contributed by atoms with Crippen LogP contribution in [0.1, 0.15) is 16.4 Å². The summed E-state index contributed by atoms with van der Waals surface area (Å²) in [5, 5.41) is 15.0. The standard InChI is InChI=1S/C10H14N6OS/c1-7-8(6-9-12-14-15-13-9)18-10(11-7)16-2-4-17-5-3-16/h2-6H2,1H3,(H,12,13,14,15). The fraction of sp³-hybridized carbons (Fsp3) is 0.600. The molecule has 1 N–H and O–H groups in total. The molecule has 3 rings (SSSR count). The van der Waals surface area contributed by atoms with Crippen LogP contribution >= 0.6 is 11.3 Å². The molecule has 0 amide bonds. The molecule has 0 spiro atoms. The van der Waals surface area contributed by atoms with Gasteiger partial charge in [-0.25, -0.2) is 4.98 Å². The van der Waals surface area contributed by atoms with Crippen molar-refractivity contribution in [3.05, 3.63) is 16.4 Å². The third kappa shape index (κ3) is 2.34. The van der Waals surface area contributed by atoms with E-state index in [-0.39, 0.29) is 0 Å². The molecule has 1 fully saturated rings. The van der Waals surface area contributed by atoms with Crippen molar-refractivity contribution in [3.8, 4) is 0 Å². The van der Waals surface area contributed by atoms with Gasteiger partial charge < -0.3 is 9.64 Å². The fourth-order valence-electron chi connectivity index (χ4n) is 1.87. The number of hydrogen-bond donors (Lipinski definition) is 1. The third-order valence-corrected chi connectivity index (χ3v) is 4.09. The molecule has 2 aromatic rings. The first-order valence-electron chi connectivity index (χ1n) is 5.84. The number of rotatable bonds is 3. The van der Waals surface area contributed by atoms with Crippen molar-refractivity contribution in [2.24, 2.45) is 0 Å². The molecule has 0 aliphatic carbocycles. The summed E-state index contributed by atoms with van der Waals surface area (Å²) in [5.41, 5.74) is 1.05. The van der Waals surface area contributed by atoms with Crippen LogP contribution in [0.15, 0.2) is 0 Å². The van der Waals surface area contributed by atoms with Crippen LogP contribution in [0.3, 0.4) is 0 Å². The molecule has 18 heavy (non-hydrogen) atoms. The van der Waals surface area contributed by atoms with Gasteiger partial charge in [-0.15, -0.1) is 21.5 Å². The van der Waals surface area contributed by atoms with Crippen molar-refractivity contribution >= 4 is 16.5 Å². The Kier molecular flexibility index (Phi) is 3.20. The summed E-state index contributed by atoms with van der Waals surface area (Å²) in [5.74, 6) is 0.704. The topological polar surface area (TPSA) is 79.8 Å². The van der Waals surface area contributed by atoms with Gasteiger partial charge in [-0.1, -0.05) is 5.21 Å². The van der Waals surface area contributed by atoms with Gasteiger partial charge in [0.2, 0.25) is 0 Å². The number of aryl methyl sites for hydroxylation is 1. The van der Waals surface area contributed by atoms with E-state index in [2.05, 4.69) is 30.5 Å². The molecule has 0 unspecified atom stereocenters. The average molecular weight is 266 g/mol. The molecule has 7 nitrogen and oxygen atoms in total. The average Bonchev–Trinajstić information content (AvgIpc) is 3.02. The summed E-state index contributed by atoms with van der Waals surface area (Å²) in [6.45, 7) is 5.40. The zero-order valence-electron chi connectivity index (χ0n) is 10.1. The van der Waals surface area contributed by atoms with Gasteiger partial charge in [-0.2, -0.15) is 5.21 Å². The number of H-pyrrole nitrogens is 1. The number of tetrazole rings is 1. The number of nitrogens with zero attached hydrogens (tertiary/aromatic N) is 5. The van der Waals surface area contributed by atoms with Crippen molar-refractivity contribution < 1.29 is 4.74 Å². The highest BCUT2D eigenvalue weighted by molar-refractivity contribution is 7.15. The van der Waals surface area contributed by atoms with Crippen LogP contribution in [0.25, 0.3) is 0 Å². The molecule has 8 heteroatoms. The van der Waals surface area contributed by atoms with E-state index >= 15 is 0 Å². The van der Waals surface area contributed by atoms with Crippen molar-refractivity contribution in [2.45, 2.75) is 13.3 Å². The maximum Gasteiger partial charge on any atom is 0.185 e. The van der Waals surface area contributed by atoms with Crippen LogP contribution in [0.5, 0.6) is 0 Å². The predicted octanol–water partition coefficient (Wildman–Crippen LogP) is 0.392. The number of aromatic amines is 1. The second kappa shape index (κ2) is 4.99. The van der Waals surface area contributed by atoms with Crippen LogP contribution in [0.4, 0.5) is 5.13 Å². The van der Waals surface area contributed by atoms with E-state index in [9.17, 15) is 0 Å². The van der Waals surface area contributed by atoms with E-state index in [1.807, 2.05) is 6.92 Å². The second-order valence-electron chi connectivity index (χ2n) is 4.11. The lowest BCUT2D eigenvalue weighted by Gasteiger charge is -2.26. The molecular formula is C10H14N6OS. The number of hydrogen-bond acceptors (Lipinski definition) is 7. The Hall–Kier alpha value is -1.54. The Morgan fingerprint density at radius 1 is 1.39 bits per heavy atom. The van der Waals surface area contributed by atoms with E-state index in [0.29, 0.717) is 12.2 Å². The maximum absolute atomic E-state index is 5.35. The summed E-state index contributed by atoms with van der Waals surface area (Å²) in [6, 6.07) is 0. The first-order valence-corrected chi connectivity index (χ1v) is 6.66. The molecule has 1 saturated heterocycles. The maximum atomic E-state index is 5.35. The minimum Gasteiger partial charge on any atom is -0.378 e. The smallest absolute Gasteiger partial charge is 0.185 e. The highest BCUT2D eigenvalue weighted by atomic mass is 32.1. The Bertz CT molecular complexity index is 504. The lowest BCUT2D eigenvalue weighted by molar-refractivity contribution is 0.122. The summed E-state index contributed by atoms with van der Waals surface area (Å²) in [7, 11) is 0. The van der Waals surface area contributed by atoms with Gasteiger partial charge in [0.15, 0.2) is 11.0 Å². The Morgan fingerprint density at radius 3 is 2.94 bits per heavy atom. The van der Waals surface area contributed by atoms with Crippen molar-refractivity contribution in [3.63, 3.8) is 0 Å². The zero-order chi connectivity index (χ0) is 12.4. The van der Waals surface area contributed by atoms with E-state index < -0.39 is 0 Å². The summed E-state index contributed by atoms with van der Waals surface area (Å²) >= 11 is 1.70. The van der Waals surface area contributed by atoms with Crippen LogP contribution in [0.2, 0.25) is 0 Å². The lowest BCUT2D eigenvalue weighted by atomic mass is 10.3. The van der Waals surface area contributed by atoms with E-state index in [1.165, 1.54) is 4.88 Å². The summed E-state index contributed by atoms with van der Waals surface area (Å²) in [4.78, 5) is 8.07. The molecule has 3 heterocycles. The molecule has 1 aliphatic heterocycles. The number of aromatic nitrogens is 5. The van der Waals surface area contributed by atoms with E-state index in [4.69, 9.17) is 4.74 Å². The van der Waals surface area contributed by atoms with E-state index in [0.717, 1.165) is 37.1 Å². The number of morpholine rings is 1. The molecule has 0 atom stereocenters. The van der Waals surface area contributed by atoms with Crippen LogP contribution in [-0.4, -0.2) is 51.9 Å². The number of ether oxygens (including phenoxy) is 1.